The highest BCUT2D eigenvalue weighted by Gasteiger charge is 2.26. The third kappa shape index (κ3) is 2.85. The van der Waals surface area contributed by atoms with Gasteiger partial charge in [-0.15, -0.1) is 0 Å². The molecule has 0 aliphatic heterocycles. The van der Waals surface area contributed by atoms with Gasteiger partial charge in [-0.2, -0.15) is 0 Å². The number of rotatable bonds is 4. The van der Waals surface area contributed by atoms with Crippen molar-refractivity contribution in [1.82, 2.24) is 0 Å². The molecule has 0 amide bonds. The minimum Gasteiger partial charge on any atom is -0.397 e. The Labute approximate surface area is 124 Å². The summed E-state index contributed by atoms with van der Waals surface area (Å²) in [6.07, 6.45) is 0. The van der Waals surface area contributed by atoms with Crippen LogP contribution in [0.5, 0.6) is 0 Å². The van der Waals surface area contributed by atoms with Crippen LogP contribution in [0.1, 0.15) is 12.5 Å². The number of hydrogen-bond donors (Lipinski definition) is 1. The summed E-state index contributed by atoms with van der Waals surface area (Å²) in [7, 11) is -3.79. The Bertz CT molecular complexity index is 760. The zero-order valence-corrected chi connectivity index (χ0v) is 12.7. The Hall–Kier alpha value is -2.08. The van der Waals surface area contributed by atoms with Gasteiger partial charge in [0.05, 0.1) is 16.3 Å². The van der Waals surface area contributed by atoms with Crippen molar-refractivity contribution in [3.63, 3.8) is 0 Å². The second-order valence-corrected chi connectivity index (χ2v) is 6.47. The molecule has 2 N–H and O–H groups in total. The fourth-order valence-electron chi connectivity index (χ4n) is 2.21. The van der Waals surface area contributed by atoms with E-state index >= 15 is 0 Å². The third-order valence-corrected chi connectivity index (χ3v) is 5.25. The lowest BCUT2D eigenvalue weighted by Gasteiger charge is -2.25. The molecule has 0 aliphatic rings. The van der Waals surface area contributed by atoms with Crippen molar-refractivity contribution in [1.29, 1.82) is 0 Å². The summed E-state index contributed by atoms with van der Waals surface area (Å²) < 4.78 is 40.0. The second kappa shape index (κ2) is 5.73. The topological polar surface area (TPSA) is 63.4 Å². The number of hydrogen-bond acceptors (Lipinski definition) is 3. The van der Waals surface area contributed by atoms with E-state index in [-0.39, 0.29) is 11.4 Å². The lowest BCUT2D eigenvalue weighted by molar-refractivity contribution is 0.589. The van der Waals surface area contributed by atoms with E-state index in [1.807, 2.05) is 0 Å². The van der Waals surface area contributed by atoms with Crippen LogP contribution in [-0.2, 0) is 10.0 Å². The molecule has 2 rings (SSSR count). The number of benzene rings is 2. The summed E-state index contributed by atoms with van der Waals surface area (Å²) in [6, 6.07) is 10.4. The smallest absolute Gasteiger partial charge is 0.264 e. The molecule has 21 heavy (non-hydrogen) atoms. The summed E-state index contributed by atoms with van der Waals surface area (Å²) in [6.45, 7) is 3.52. The largest absolute Gasteiger partial charge is 0.397 e. The molecule has 2 aromatic rings. The molecular formula is C15H17FN2O2S. The summed E-state index contributed by atoms with van der Waals surface area (Å²) in [5.41, 5.74) is 7.03. The predicted octanol–water partition coefficient (Wildman–Crippen LogP) is 2.93. The molecule has 4 nitrogen and oxygen atoms in total. The lowest BCUT2D eigenvalue weighted by Crippen LogP contribution is -2.31. The Kier molecular flexibility index (Phi) is 4.18. The highest BCUT2D eigenvalue weighted by atomic mass is 32.2. The van der Waals surface area contributed by atoms with Crippen molar-refractivity contribution in [3.05, 3.63) is 53.8 Å². The van der Waals surface area contributed by atoms with Gasteiger partial charge in [-0.3, -0.25) is 4.31 Å². The maximum Gasteiger partial charge on any atom is 0.264 e. The minimum absolute atomic E-state index is 0.0778. The van der Waals surface area contributed by atoms with E-state index in [1.165, 1.54) is 16.4 Å². The molecule has 0 spiro atoms. The van der Waals surface area contributed by atoms with Crippen molar-refractivity contribution in [3.8, 4) is 0 Å². The Morgan fingerprint density at radius 3 is 2.43 bits per heavy atom. The number of para-hydroxylation sites is 2. The third-order valence-electron chi connectivity index (χ3n) is 3.20. The van der Waals surface area contributed by atoms with Crippen LogP contribution in [0.3, 0.4) is 0 Å². The molecule has 0 saturated carbocycles. The molecule has 0 radical (unpaired) electrons. The van der Waals surface area contributed by atoms with Gasteiger partial charge >= 0.3 is 0 Å². The van der Waals surface area contributed by atoms with Gasteiger partial charge in [0.25, 0.3) is 10.0 Å². The van der Waals surface area contributed by atoms with E-state index < -0.39 is 15.8 Å². The number of nitrogen functional groups attached to an aromatic ring is 1. The molecule has 0 fully saturated rings. The van der Waals surface area contributed by atoms with Crippen molar-refractivity contribution < 1.29 is 12.8 Å². The molecular weight excluding hydrogens is 291 g/mol. The van der Waals surface area contributed by atoms with Gasteiger partial charge in [0.1, 0.15) is 5.82 Å². The van der Waals surface area contributed by atoms with E-state index in [2.05, 4.69) is 0 Å². The summed E-state index contributed by atoms with van der Waals surface area (Å²) in [4.78, 5) is 0.0778. The molecule has 2 aromatic carbocycles. The monoisotopic (exact) mass is 308 g/mol. The summed E-state index contributed by atoms with van der Waals surface area (Å²) in [5.74, 6) is -0.464. The van der Waals surface area contributed by atoms with Crippen molar-refractivity contribution in [2.24, 2.45) is 0 Å². The first-order chi connectivity index (χ1) is 9.87. The number of nitrogens with two attached hydrogens (primary N) is 1. The fourth-order valence-corrected chi connectivity index (χ4v) is 3.91. The van der Waals surface area contributed by atoms with Gasteiger partial charge < -0.3 is 5.73 Å². The van der Waals surface area contributed by atoms with E-state index in [0.717, 1.165) is 6.07 Å². The molecule has 0 bridgehead atoms. The summed E-state index contributed by atoms with van der Waals surface area (Å²) >= 11 is 0. The van der Waals surface area contributed by atoms with Crippen LogP contribution in [0, 0.1) is 12.7 Å². The van der Waals surface area contributed by atoms with Gasteiger partial charge in [-0.05, 0) is 49.7 Å². The van der Waals surface area contributed by atoms with E-state index in [1.54, 1.807) is 38.1 Å². The normalized spacial score (nSPS) is 11.4. The fraction of sp³-hybridized carbons (Fsp3) is 0.200. The van der Waals surface area contributed by atoms with Crippen LogP contribution < -0.4 is 10.0 Å². The second-order valence-electron chi connectivity index (χ2n) is 4.64. The molecule has 0 saturated heterocycles. The number of sulfonamides is 1. The van der Waals surface area contributed by atoms with Crippen LogP contribution >= 0.6 is 0 Å². The van der Waals surface area contributed by atoms with E-state index in [4.69, 9.17) is 5.73 Å². The average molecular weight is 308 g/mol. The van der Waals surface area contributed by atoms with E-state index in [9.17, 15) is 12.8 Å². The minimum atomic E-state index is -3.79. The van der Waals surface area contributed by atoms with Crippen molar-refractivity contribution in [2.45, 2.75) is 18.7 Å². The first-order valence-electron chi connectivity index (χ1n) is 6.51. The molecule has 0 aromatic heterocycles. The standard InChI is InChI=1S/C15H17FN2O2S/c1-3-18(14-7-5-4-6-13(14)17)21(19,20)15-9-8-12(16)10-11(15)2/h4-10H,3,17H2,1-2H3. The molecule has 0 atom stereocenters. The first-order valence-corrected chi connectivity index (χ1v) is 7.95. The average Bonchev–Trinajstić information content (AvgIpc) is 2.41. The van der Waals surface area contributed by atoms with Crippen LogP contribution in [0.25, 0.3) is 0 Å². The van der Waals surface area contributed by atoms with Crippen molar-refractivity contribution in [2.75, 3.05) is 16.6 Å². The van der Waals surface area contributed by atoms with Crippen LogP contribution in [0.4, 0.5) is 15.8 Å². The van der Waals surface area contributed by atoms with Crippen molar-refractivity contribution >= 4 is 21.4 Å². The van der Waals surface area contributed by atoms with Crippen LogP contribution in [0.15, 0.2) is 47.4 Å². The maximum atomic E-state index is 13.2. The number of aryl methyl sites for hydroxylation is 1. The SMILES string of the molecule is CCN(c1ccccc1N)S(=O)(=O)c1ccc(F)cc1C. The number of nitrogens with zero attached hydrogens (tertiary/aromatic N) is 1. The maximum absolute atomic E-state index is 13.2. The first kappa shape index (κ1) is 15.3. The molecule has 0 unspecified atom stereocenters. The number of halogens is 1. The highest BCUT2D eigenvalue weighted by Crippen LogP contribution is 2.29. The van der Waals surface area contributed by atoms with Crippen LogP contribution in [0.2, 0.25) is 0 Å². The van der Waals surface area contributed by atoms with Gasteiger partial charge in [-0.25, -0.2) is 12.8 Å². The van der Waals surface area contributed by atoms with Gasteiger partial charge in [0, 0.05) is 6.54 Å². The number of anilines is 2. The highest BCUT2D eigenvalue weighted by molar-refractivity contribution is 7.92. The zero-order chi connectivity index (χ0) is 15.6. The van der Waals surface area contributed by atoms with Gasteiger partial charge in [0.15, 0.2) is 0 Å². The predicted molar refractivity (Wildman–Crippen MR) is 82.2 cm³/mol. The molecule has 112 valence electrons. The Morgan fingerprint density at radius 2 is 1.86 bits per heavy atom. The quantitative estimate of drug-likeness (QED) is 0.883. The van der Waals surface area contributed by atoms with E-state index in [0.29, 0.717) is 16.9 Å². The molecule has 0 aliphatic carbocycles. The van der Waals surface area contributed by atoms with Gasteiger partial charge in [0.2, 0.25) is 0 Å². The molecule has 6 heteroatoms. The van der Waals surface area contributed by atoms with Crippen LogP contribution in [-0.4, -0.2) is 15.0 Å². The lowest BCUT2D eigenvalue weighted by atomic mass is 10.2. The zero-order valence-electron chi connectivity index (χ0n) is 11.9. The summed E-state index contributed by atoms with van der Waals surface area (Å²) in [5, 5.41) is 0. The molecule has 0 heterocycles. The Morgan fingerprint density at radius 1 is 1.19 bits per heavy atom. The van der Waals surface area contributed by atoms with Gasteiger partial charge in [-0.1, -0.05) is 12.1 Å². The Balaban J connectivity index is 2.58.